The number of halogens is 6. The highest BCUT2D eigenvalue weighted by Gasteiger charge is 2.40. The average Bonchev–Trinajstić information content (AvgIpc) is 2.92. The molecule has 0 aliphatic carbocycles. The number of carbonyl (C=O) groups excluding carboxylic acids is 1. The zero-order chi connectivity index (χ0) is 30.2. The molecule has 2 aromatic carbocycles. The zero-order valence-corrected chi connectivity index (χ0v) is 22.7. The van der Waals surface area contributed by atoms with E-state index >= 15 is 0 Å². The number of alkyl halides is 6. The van der Waals surface area contributed by atoms with Crippen LogP contribution in [0.3, 0.4) is 0 Å². The Morgan fingerprint density at radius 2 is 1.44 bits per heavy atom. The van der Waals surface area contributed by atoms with E-state index < -0.39 is 40.4 Å². The first kappa shape index (κ1) is 30.3. The highest BCUT2D eigenvalue weighted by molar-refractivity contribution is 6.01. The summed E-state index contributed by atoms with van der Waals surface area (Å²) in [6.45, 7) is 5.25. The average molecular weight is 581 g/mol. The number of hydrogen-bond acceptors (Lipinski definition) is 5. The molecule has 220 valence electrons. The predicted molar refractivity (Wildman–Crippen MR) is 143 cm³/mol. The van der Waals surface area contributed by atoms with E-state index in [9.17, 15) is 36.2 Å². The van der Waals surface area contributed by atoms with Gasteiger partial charge in [-0.25, -0.2) is 4.98 Å². The maximum atomic E-state index is 13.6. The van der Waals surface area contributed by atoms with Crippen molar-refractivity contribution in [2.24, 2.45) is 0 Å². The van der Waals surface area contributed by atoms with Crippen LogP contribution in [0.2, 0.25) is 0 Å². The molecule has 1 saturated heterocycles. The van der Waals surface area contributed by atoms with Crippen LogP contribution >= 0.6 is 0 Å². The van der Waals surface area contributed by atoms with E-state index in [4.69, 9.17) is 0 Å². The van der Waals surface area contributed by atoms with Gasteiger partial charge in [0.25, 0.3) is 0 Å². The first-order valence-corrected chi connectivity index (χ1v) is 12.9. The Morgan fingerprint density at radius 1 is 0.878 bits per heavy atom. The number of nitrogens with one attached hydrogen (secondary N) is 1. The van der Waals surface area contributed by atoms with Gasteiger partial charge >= 0.3 is 12.4 Å². The SMILES string of the molecule is CN1CCN(c2cc(-c3ccccc3CO)c(NC(=O)C(C)(C)c3cc(C(F)(F)F)cc(C(F)(F)F)c3)cn2)CC1. The molecule has 0 radical (unpaired) electrons. The molecule has 1 fully saturated rings. The van der Waals surface area contributed by atoms with Crippen molar-refractivity contribution in [3.8, 4) is 11.1 Å². The van der Waals surface area contributed by atoms with Crippen molar-refractivity contribution in [1.82, 2.24) is 9.88 Å². The van der Waals surface area contributed by atoms with E-state index in [-0.39, 0.29) is 18.4 Å². The van der Waals surface area contributed by atoms with Crippen molar-refractivity contribution < 1.29 is 36.2 Å². The van der Waals surface area contributed by atoms with Crippen LogP contribution in [0.4, 0.5) is 37.8 Å². The van der Waals surface area contributed by atoms with E-state index in [0.29, 0.717) is 47.7 Å². The van der Waals surface area contributed by atoms with E-state index in [1.54, 1.807) is 30.3 Å². The molecule has 1 aliphatic rings. The molecule has 1 aliphatic heterocycles. The Kier molecular flexibility index (Phi) is 8.38. The number of rotatable bonds is 6. The van der Waals surface area contributed by atoms with Gasteiger partial charge in [-0.3, -0.25) is 4.79 Å². The number of anilines is 2. The summed E-state index contributed by atoms with van der Waals surface area (Å²) in [5, 5.41) is 12.6. The lowest BCUT2D eigenvalue weighted by Gasteiger charge is -2.33. The number of likely N-dealkylation sites (N-methyl/N-ethyl adjacent to an activating group) is 1. The zero-order valence-electron chi connectivity index (χ0n) is 22.7. The summed E-state index contributed by atoms with van der Waals surface area (Å²) in [5.74, 6) is -0.201. The lowest BCUT2D eigenvalue weighted by Crippen LogP contribution is -2.44. The van der Waals surface area contributed by atoms with Gasteiger partial charge in [0.15, 0.2) is 0 Å². The van der Waals surface area contributed by atoms with Gasteiger partial charge in [-0.15, -0.1) is 0 Å². The number of piperazine rings is 1. The summed E-state index contributed by atoms with van der Waals surface area (Å²) in [6, 6.07) is 9.86. The van der Waals surface area contributed by atoms with E-state index in [1.807, 2.05) is 7.05 Å². The highest BCUT2D eigenvalue weighted by atomic mass is 19.4. The fourth-order valence-electron chi connectivity index (χ4n) is 4.62. The second-order valence-electron chi connectivity index (χ2n) is 10.6. The van der Waals surface area contributed by atoms with E-state index in [0.717, 1.165) is 13.1 Å². The van der Waals surface area contributed by atoms with Crippen LogP contribution in [-0.2, 0) is 29.2 Å². The van der Waals surface area contributed by atoms with Gasteiger partial charge < -0.3 is 20.2 Å². The second kappa shape index (κ2) is 11.3. The Hall–Kier alpha value is -3.64. The summed E-state index contributed by atoms with van der Waals surface area (Å²) in [6.07, 6.45) is -8.68. The maximum absolute atomic E-state index is 13.6. The number of hydrogen-bond donors (Lipinski definition) is 2. The van der Waals surface area contributed by atoms with Gasteiger partial charge in [0.2, 0.25) is 5.91 Å². The second-order valence-corrected chi connectivity index (χ2v) is 10.6. The van der Waals surface area contributed by atoms with Crippen molar-refractivity contribution in [1.29, 1.82) is 0 Å². The summed E-state index contributed by atoms with van der Waals surface area (Å²) < 4.78 is 81.0. The molecule has 1 amide bonds. The van der Waals surface area contributed by atoms with Gasteiger partial charge in [0.1, 0.15) is 5.82 Å². The smallest absolute Gasteiger partial charge is 0.392 e. The third kappa shape index (κ3) is 6.65. The number of nitrogens with zero attached hydrogens (tertiary/aromatic N) is 3. The molecule has 4 rings (SSSR count). The van der Waals surface area contributed by atoms with E-state index in [2.05, 4.69) is 20.1 Å². The van der Waals surface area contributed by atoms with Crippen molar-refractivity contribution >= 4 is 17.4 Å². The monoisotopic (exact) mass is 580 g/mol. The van der Waals surface area contributed by atoms with Crippen LogP contribution in [-0.4, -0.2) is 54.1 Å². The molecule has 41 heavy (non-hydrogen) atoms. The molecule has 0 spiro atoms. The highest BCUT2D eigenvalue weighted by Crippen LogP contribution is 2.40. The van der Waals surface area contributed by atoms with Crippen LogP contribution < -0.4 is 10.2 Å². The normalized spacial score (nSPS) is 15.2. The lowest BCUT2D eigenvalue weighted by molar-refractivity contribution is -0.143. The fourth-order valence-corrected chi connectivity index (χ4v) is 4.62. The van der Waals surface area contributed by atoms with Crippen LogP contribution in [0.15, 0.2) is 54.7 Å². The molecule has 2 heterocycles. The molecule has 0 saturated carbocycles. The van der Waals surface area contributed by atoms with Gasteiger partial charge in [0.05, 0.1) is 35.0 Å². The minimum atomic E-state index is -5.05. The quantitative estimate of drug-likeness (QED) is 0.353. The number of amides is 1. The van der Waals surface area contributed by atoms with Gasteiger partial charge in [-0.1, -0.05) is 24.3 Å². The summed E-state index contributed by atoms with van der Waals surface area (Å²) in [7, 11) is 2.01. The molecule has 6 nitrogen and oxygen atoms in total. The standard InChI is InChI=1S/C29H30F6N4O2/c1-27(2,19-12-20(28(30,31)32)14-21(13-19)29(33,34)35)26(41)37-24-16-36-25(39-10-8-38(3)9-11-39)15-23(24)22-7-5-4-6-18(22)17-40/h4-7,12-16,40H,8-11,17H2,1-3H3,(H,37,41). The first-order valence-electron chi connectivity index (χ1n) is 12.9. The Morgan fingerprint density at radius 3 is 2.00 bits per heavy atom. The molecule has 2 N–H and O–H groups in total. The van der Waals surface area contributed by atoms with Crippen LogP contribution in [0, 0.1) is 0 Å². The summed E-state index contributed by atoms with van der Waals surface area (Å²) >= 11 is 0. The van der Waals surface area contributed by atoms with Gasteiger partial charge in [0, 0.05) is 31.7 Å². The topological polar surface area (TPSA) is 68.7 Å². The fraction of sp³-hybridized carbons (Fsp3) is 0.379. The van der Waals surface area contributed by atoms with Gasteiger partial charge in [-0.2, -0.15) is 26.3 Å². The summed E-state index contributed by atoms with van der Waals surface area (Å²) in [4.78, 5) is 22.3. The van der Waals surface area contributed by atoms with Crippen LogP contribution in [0.1, 0.15) is 36.1 Å². The Balaban J connectivity index is 1.76. The number of aliphatic hydroxyl groups excluding tert-OH is 1. The molecule has 3 aromatic rings. The Bertz CT molecular complexity index is 1380. The number of aromatic nitrogens is 1. The minimum Gasteiger partial charge on any atom is -0.392 e. The number of benzene rings is 2. The third-order valence-corrected chi connectivity index (χ3v) is 7.32. The van der Waals surface area contributed by atoms with Crippen molar-refractivity contribution in [3.05, 3.63) is 77.0 Å². The molecule has 12 heteroatoms. The number of pyridine rings is 1. The van der Waals surface area contributed by atoms with Gasteiger partial charge in [-0.05, 0) is 61.9 Å². The maximum Gasteiger partial charge on any atom is 0.416 e. The molecular weight excluding hydrogens is 550 g/mol. The molecule has 0 atom stereocenters. The van der Waals surface area contributed by atoms with Crippen LogP contribution in [0.5, 0.6) is 0 Å². The predicted octanol–water partition coefficient (Wildman–Crippen LogP) is 5.95. The lowest BCUT2D eigenvalue weighted by atomic mass is 9.81. The molecule has 0 unspecified atom stereocenters. The third-order valence-electron chi connectivity index (χ3n) is 7.32. The van der Waals surface area contributed by atoms with Crippen molar-refractivity contribution in [2.75, 3.05) is 43.4 Å². The largest absolute Gasteiger partial charge is 0.416 e. The van der Waals surface area contributed by atoms with Crippen LogP contribution in [0.25, 0.3) is 11.1 Å². The van der Waals surface area contributed by atoms with E-state index in [1.165, 1.54) is 20.0 Å². The van der Waals surface area contributed by atoms with Crippen molar-refractivity contribution in [3.63, 3.8) is 0 Å². The van der Waals surface area contributed by atoms with Crippen molar-refractivity contribution in [2.45, 2.75) is 38.2 Å². The molecule has 0 bridgehead atoms. The molecular formula is C29H30F6N4O2. The first-order chi connectivity index (χ1) is 19.1. The number of aliphatic hydroxyl groups is 1. The Labute approximate surface area is 233 Å². The molecule has 1 aromatic heterocycles. The summed E-state index contributed by atoms with van der Waals surface area (Å²) in [5.41, 5.74) is -3.39. The minimum absolute atomic E-state index is 0.0302. The number of carbonyl (C=O) groups is 1.